The fourth-order valence-corrected chi connectivity index (χ4v) is 4.20. The van der Waals surface area contributed by atoms with Crippen LogP contribution in [0.25, 0.3) is 11.3 Å². The van der Waals surface area contributed by atoms with Gasteiger partial charge in [-0.05, 0) is 37.1 Å². The van der Waals surface area contributed by atoms with Crippen molar-refractivity contribution in [1.29, 1.82) is 0 Å². The first-order valence-corrected chi connectivity index (χ1v) is 10.7. The summed E-state index contributed by atoms with van der Waals surface area (Å²) in [4.78, 5) is 36.8. The molecule has 0 radical (unpaired) electrons. The van der Waals surface area contributed by atoms with Crippen molar-refractivity contribution in [2.45, 2.75) is 18.8 Å². The molecule has 3 heterocycles. The Balaban J connectivity index is 1.50. The third kappa shape index (κ3) is 4.88. The number of carbonyl (C=O) groups is 2. The first-order chi connectivity index (χ1) is 15.0. The molecule has 2 aliphatic heterocycles. The second-order valence-electron chi connectivity index (χ2n) is 8.01. The molecular weight excluding hydrogens is 398 g/mol. The van der Waals surface area contributed by atoms with Gasteiger partial charge in [0, 0.05) is 37.7 Å². The van der Waals surface area contributed by atoms with Crippen molar-refractivity contribution in [3.8, 4) is 17.0 Å². The molecule has 1 aromatic heterocycles. The van der Waals surface area contributed by atoms with Gasteiger partial charge in [0.15, 0.2) is 0 Å². The molecule has 0 aliphatic carbocycles. The zero-order valence-electron chi connectivity index (χ0n) is 17.8. The topological polar surface area (TPSA) is 114 Å². The molecule has 2 fully saturated rings. The van der Waals surface area contributed by atoms with E-state index in [-0.39, 0.29) is 17.5 Å². The van der Waals surface area contributed by atoms with Crippen LogP contribution in [0.3, 0.4) is 0 Å². The zero-order valence-corrected chi connectivity index (χ0v) is 17.8. The van der Waals surface area contributed by atoms with Gasteiger partial charge in [0.05, 0.1) is 26.9 Å². The third-order valence-electron chi connectivity index (χ3n) is 5.96. The number of piperidine rings is 1. The number of aromatic nitrogens is 2. The highest BCUT2D eigenvalue weighted by Gasteiger charge is 2.29. The van der Waals surface area contributed by atoms with Crippen LogP contribution in [0.5, 0.6) is 5.75 Å². The summed E-state index contributed by atoms with van der Waals surface area (Å²) in [5.41, 5.74) is 7.22. The second-order valence-corrected chi connectivity index (χ2v) is 8.01. The van der Waals surface area contributed by atoms with E-state index >= 15 is 0 Å². The van der Waals surface area contributed by atoms with Crippen LogP contribution >= 0.6 is 0 Å². The van der Waals surface area contributed by atoms with Crippen LogP contribution in [0.1, 0.15) is 35.1 Å². The molecule has 9 heteroatoms. The summed E-state index contributed by atoms with van der Waals surface area (Å²) in [7, 11) is 1.60. The summed E-state index contributed by atoms with van der Waals surface area (Å²) in [5.74, 6) is 1.03. The highest BCUT2D eigenvalue weighted by Crippen LogP contribution is 2.30. The number of likely N-dealkylation sites (tertiary alicyclic amines) is 1. The maximum Gasteiger partial charge on any atom is 0.267 e. The van der Waals surface area contributed by atoms with Crippen molar-refractivity contribution in [2.75, 3.05) is 53.0 Å². The minimum Gasteiger partial charge on any atom is -0.497 e. The summed E-state index contributed by atoms with van der Waals surface area (Å²) >= 11 is 0. The van der Waals surface area contributed by atoms with Crippen molar-refractivity contribution in [2.24, 2.45) is 5.73 Å². The zero-order chi connectivity index (χ0) is 21.8. The SMILES string of the molecule is COc1ccc(-c2nc(C3CCCN(C(=O)CN4CCOCC4)C3)[nH]c2C(N)=O)cc1. The van der Waals surface area contributed by atoms with E-state index in [9.17, 15) is 9.59 Å². The van der Waals surface area contributed by atoms with E-state index < -0.39 is 5.91 Å². The molecule has 1 aromatic carbocycles. The Morgan fingerprint density at radius 2 is 1.97 bits per heavy atom. The Kier molecular flexibility index (Phi) is 6.53. The summed E-state index contributed by atoms with van der Waals surface area (Å²) in [5, 5.41) is 0. The minimum absolute atomic E-state index is 0.0347. The van der Waals surface area contributed by atoms with Crippen LogP contribution in [-0.4, -0.2) is 84.6 Å². The number of methoxy groups -OCH3 is 1. The van der Waals surface area contributed by atoms with E-state index in [4.69, 9.17) is 20.2 Å². The Morgan fingerprint density at radius 3 is 2.65 bits per heavy atom. The summed E-state index contributed by atoms with van der Waals surface area (Å²) < 4.78 is 10.6. The number of nitrogens with one attached hydrogen (secondary N) is 1. The fraction of sp³-hybridized carbons (Fsp3) is 0.500. The molecule has 1 atom stereocenters. The van der Waals surface area contributed by atoms with Crippen LogP contribution in [0, 0.1) is 0 Å². The Hall–Kier alpha value is -2.91. The Bertz CT molecular complexity index is 920. The number of morpholine rings is 1. The summed E-state index contributed by atoms with van der Waals surface area (Å²) in [6.45, 7) is 4.66. The number of carbonyl (C=O) groups excluding carboxylic acids is 2. The lowest BCUT2D eigenvalue weighted by molar-refractivity contribution is -0.134. The van der Waals surface area contributed by atoms with E-state index in [1.807, 2.05) is 29.2 Å². The predicted molar refractivity (Wildman–Crippen MR) is 115 cm³/mol. The van der Waals surface area contributed by atoms with E-state index in [0.717, 1.165) is 43.8 Å². The minimum atomic E-state index is -0.555. The molecule has 166 valence electrons. The van der Waals surface area contributed by atoms with Crippen LogP contribution in [-0.2, 0) is 9.53 Å². The number of amides is 2. The number of H-pyrrole nitrogens is 1. The summed E-state index contributed by atoms with van der Waals surface area (Å²) in [6, 6.07) is 7.34. The lowest BCUT2D eigenvalue weighted by atomic mass is 9.97. The molecule has 9 nitrogen and oxygen atoms in total. The first kappa shape index (κ1) is 21.3. The monoisotopic (exact) mass is 427 g/mol. The molecule has 0 bridgehead atoms. The lowest BCUT2D eigenvalue weighted by Gasteiger charge is -2.34. The van der Waals surface area contributed by atoms with Crippen LogP contribution < -0.4 is 10.5 Å². The second kappa shape index (κ2) is 9.49. The molecule has 1 unspecified atom stereocenters. The molecule has 4 rings (SSSR count). The number of hydrogen-bond acceptors (Lipinski definition) is 6. The quantitative estimate of drug-likeness (QED) is 0.717. The van der Waals surface area contributed by atoms with Gasteiger partial charge in [-0.15, -0.1) is 0 Å². The molecular formula is C22H29N5O4. The Labute approximate surface area is 181 Å². The van der Waals surface area contributed by atoms with Gasteiger partial charge in [-0.3, -0.25) is 14.5 Å². The maximum atomic E-state index is 12.8. The van der Waals surface area contributed by atoms with Crippen LogP contribution in [0.15, 0.2) is 24.3 Å². The van der Waals surface area contributed by atoms with Gasteiger partial charge in [0.2, 0.25) is 5.91 Å². The largest absolute Gasteiger partial charge is 0.497 e. The number of nitrogens with two attached hydrogens (primary N) is 1. The number of imidazole rings is 1. The lowest BCUT2D eigenvalue weighted by Crippen LogP contribution is -2.47. The maximum absolute atomic E-state index is 12.8. The number of aromatic amines is 1. The standard InChI is InChI=1S/C22H29N5O4/c1-30-17-6-4-15(5-7-17)19-20(21(23)29)25-22(24-19)16-3-2-8-27(13-16)18(28)14-26-9-11-31-12-10-26/h4-7,16H,2-3,8-14H2,1H3,(H2,23,29)(H,24,25). The van der Waals surface area contributed by atoms with Crippen molar-refractivity contribution in [1.82, 2.24) is 19.8 Å². The average Bonchev–Trinajstić information content (AvgIpc) is 3.26. The normalized spacial score (nSPS) is 19.9. The van der Waals surface area contributed by atoms with E-state index in [0.29, 0.717) is 37.8 Å². The molecule has 0 spiro atoms. The van der Waals surface area contributed by atoms with Crippen molar-refractivity contribution in [3.63, 3.8) is 0 Å². The molecule has 3 N–H and O–H groups in total. The van der Waals surface area contributed by atoms with Crippen LogP contribution in [0.4, 0.5) is 0 Å². The third-order valence-corrected chi connectivity index (χ3v) is 5.96. The predicted octanol–water partition coefficient (Wildman–Crippen LogP) is 1.22. The van der Waals surface area contributed by atoms with Crippen molar-refractivity contribution in [3.05, 3.63) is 35.8 Å². The highest BCUT2D eigenvalue weighted by atomic mass is 16.5. The van der Waals surface area contributed by atoms with Gasteiger partial charge >= 0.3 is 0 Å². The summed E-state index contributed by atoms with van der Waals surface area (Å²) in [6.07, 6.45) is 1.79. The molecule has 2 aromatic rings. The number of rotatable bonds is 6. The van der Waals surface area contributed by atoms with Gasteiger partial charge < -0.3 is 25.1 Å². The molecule has 2 aliphatic rings. The highest BCUT2D eigenvalue weighted by molar-refractivity contribution is 5.97. The van der Waals surface area contributed by atoms with Gasteiger partial charge in [0.1, 0.15) is 23.0 Å². The van der Waals surface area contributed by atoms with E-state index in [2.05, 4.69) is 9.88 Å². The molecule has 2 amide bonds. The molecule has 0 saturated carbocycles. The molecule has 31 heavy (non-hydrogen) atoms. The number of benzene rings is 1. The number of primary amides is 1. The van der Waals surface area contributed by atoms with Crippen molar-refractivity contribution >= 4 is 11.8 Å². The van der Waals surface area contributed by atoms with Gasteiger partial charge in [-0.2, -0.15) is 0 Å². The Morgan fingerprint density at radius 1 is 1.23 bits per heavy atom. The average molecular weight is 428 g/mol. The number of ether oxygens (including phenoxy) is 2. The number of hydrogen-bond donors (Lipinski definition) is 2. The van der Waals surface area contributed by atoms with Gasteiger partial charge in [-0.25, -0.2) is 4.98 Å². The molecule has 2 saturated heterocycles. The van der Waals surface area contributed by atoms with E-state index in [1.165, 1.54) is 0 Å². The van der Waals surface area contributed by atoms with Crippen molar-refractivity contribution < 1.29 is 19.1 Å². The fourth-order valence-electron chi connectivity index (χ4n) is 4.20. The first-order valence-electron chi connectivity index (χ1n) is 10.7. The number of nitrogens with zero attached hydrogens (tertiary/aromatic N) is 3. The van der Waals surface area contributed by atoms with Gasteiger partial charge in [-0.1, -0.05) is 0 Å². The smallest absolute Gasteiger partial charge is 0.267 e. The van der Waals surface area contributed by atoms with Crippen LogP contribution in [0.2, 0.25) is 0 Å². The van der Waals surface area contributed by atoms with E-state index in [1.54, 1.807) is 7.11 Å². The van der Waals surface area contributed by atoms with Gasteiger partial charge in [0.25, 0.3) is 5.91 Å².